The highest BCUT2D eigenvalue weighted by Crippen LogP contribution is 2.28. The summed E-state index contributed by atoms with van der Waals surface area (Å²) in [5, 5.41) is 11.9. The Balaban J connectivity index is 1.55. The van der Waals surface area contributed by atoms with E-state index in [0.717, 1.165) is 18.2 Å². The van der Waals surface area contributed by atoms with Crippen molar-refractivity contribution in [1.29, 1.82) is 5.26 Å². The van der Waals surface area contributed by atoms with Gasteiger partial charge in [0.05, 0.1) is 6.07 Å². The molecule has 0 aliphatic carbocycles. The third-order valence-corrected chi connectivity index (χ3v) is 6.76. The maximum atomic E-state index is 13.7. The Morgan fingerprint density at radius 1 is 1.34 bits per heavy atom. The highest BCUT2D eigenvalue weighted by molar-refractivity contribution is 7.89. The second kappa shape index (κ2) is 8.42. The summed E-state index contributed by atoms with van der Waals surface area (Å²) in [4.78, 5) is 24.7. The summed E-state index contributed by atoms with van der Waals surface area (Å²) in [7, 11) is -4.44. The number of carbonyl (C=O) groups is 2. The van der Waals surface area contributed by atoms with E-state index in [4.69, 9.17) is 5.26 Å². The predicted octanol–water partition coefficient (Wildman–Crippen LogP) is 0.510. The zero-order chi connectivity index (χ0) is 21.2. The van der Waals surface area contributed by atoms with Crippen molar-refractivity contribution in [3.05, 3.63) is 29.8 Å². The molecule has 11 heteroatoms. The fourth-order valence-corrected chi connectivity index (χ4v) is 4.92. The Morgan fingerprint density at radius 2 is 2.03 bits per heavy atom. The van der Waals surface area contributed by atoms with E-state index in [1.165, 1.54) is 0 Å². The minimum absolute atomic E-state index is 0.0424. The average Bonchev–Trinajstić information content (AvgIpc) is 2.66. The number of nitrogens with zero attached hydrogens (tertiary/aromatic N) is 2. The van der Waals surface area contributed by atoms with Crippen molar-refractivity contribution in [3.8, 4) is 6.07 Å². The lowest BCUT2D eigenvalue weighted by Gasteiger charge is -2.42. The molecule has 3 unspecified atom stereocenters. The molecule has 8 nitrogen and oxygen atoms in total. The number of nitriles is 1. The number of likely N-dealkylation sites (tertiary alicyclic amines) is 1. The number of amides is 2. The molecule has 2 N–H and O–H groups in total. The molecule has 2 aliphatic heterocycles. The standard InChI is InChI=1S/C18H20F2N4O4S/c19-13-2-1-3-14(20)17(13)29(27,28)22-6-4-16(25)24-7-5-15-12(10-24)8-11(9-21)18(26)23-15/h1-3,11-12,15,22H,4-8,10H2,(H,23,26). The normalized spacial score (nSPS) is 24.4. The molecular formula is C18H20F2N4O4S. The van der Waals surface area contributed by atoms with Gasteiger partial charge in [-0.2, -0.15) is 5.26 Å². The monoisotopic (exact) mass is 426 g/mol. The maximum absolute atomic E-state index is 13.7. The van der Waals surface area contributed by atoms with E-state index in [1.54, 1.807) is 4.90 Å². The minimum atomic E-state index is -4.44. The van der Waals surface area contributed by atoms with E-state index >= 15 is 0 Å². The van der Waals surface area contributed by atoms with Crippen LogP contribution in [0, 0.1) is 34.8 Å². The first-order valence-corrected chi connectivity index (χ1v) is 10.6. The first-order valence-electron chi connectivity index (χ1n) is 9.14. The van der Waals surface area contributed by atoms with Gasteiger partial charge in [-0.15, -0.1) is 0 Å². The van der Waals surface area contributed by atoms with Crippen LogP contribution in [0.1, 0.15) is 19.3 Å². The highest BCUT2D eigenvalue weighted by atomic mass is 32.2. The van der Waals surface area contributed by atoms with Crippen LogP contribution < -0.4 is 10.0 Å². The number of benzene rings is 1. The summed E-state index contributed by atoms with van der Waals surface area (Å²) in [6.45, 7) is 0.444. The Kier molecular flexibility index (Phi) is 6.14. The van der Waals surface area contributed by atoms with Crippen LogP contribution in [0.15, 0.2) is 23.1 Å². The number of nitrogens with one attached hydrogen (secondary N) is 2. The van der Waals surface area contributed by atoms with E-state index in [-0.39, 0.29) is 36.7 Å². The molecule has 2 saturated heterocycles. The van der Waals surface area contributed by atoms with Gasteiger partial charge in [0.2, 0.25) is 21.8 Å². The maximum Gasteiger partial charge on any atom is 0.246 e. The fraction of sp³-hybridized carbons (Fsp3) is 0.500. The summed E-state index contributed by atoms with van der Waals surface area (Å²) in [6, 6.07) is 4.60. The van der Waals surface area contributed by atoms with Gasteiger partial charge in [-0.3, -0.25) is 9.59 Å². The number of hydrogen-bond acceptors (Lipinski definition) is 5. The van der Waals surface area contributed by atoms with Gasteiger partial charge in [0.15, 0.2) is 4.90 Å². The Labute approximate surface area is 166 Å². The van der Waals surface area contributed by atoms with Crippen molar-refractivity contribution in [2.45, 2.75) is 30.2 Å². The third-order valence-electron chi connectivity index (χ3n) is 5.24. The van der Waals surface area contributed by atoms with Crippen LogP contribution in [-0.2, 0) is 19.6 Å². The largest absolute Gasteiger partial charge is 0.352 e. The van der Waals surface area contributed by atoms with E-state index in [2.05, 4.69) is 5.32 Å². The van der Waals surface area contributed by atoms with Gasteiger partial charge in [0, 0.05) is 32.1 Å². The number of carbonyl (C=O) groups excluding carboxylic acids is 2. The molecule has 3 atom stereocenters. The van der Waals surface area contributed by atoms with Crippen LogP contribution >= 0.6 is 0 Å². The summed E-state index contributed by atoms with van der Waals surface area (Å²) >= 11 is 0. The van der Waals surface area contributed by atoms with E-state index in [0.29, 0.717) is 25.9 Å². The van der Waals surface area contributed by atoms with Crippen molar-refractivity contribution in [1.82, 2.24) is 14.9 Å². The van der Waals surface area contributed by atoms with Gasteiger partial charge in [-0.25, -0.2) is 21.9 Å². The van der Waals surface area contributed by atoms with E-state index in [1.807, 2.05) is 10.8 Å². The van der Waals surface area contributed by atoms with Gasteiger partial charge in [-0.1, -0.05) is 6.07 Å². The molecule has 2 amide bonds. The Morgan fingerprint density at radius 3 is 2.69 bits per heavy atom. The van der Waals surface area contributed by atoms with E-state index in [9.17, 15) is 26.8 Å². The molecule has 0 radical (unpaired) electrons. The van der Waals surface area contributed by atoms with Crippen LogP contribution in [0.3, 0.4) is 0 Å². The Hall–Kier alpha value is -2.58. The molecule has 2 aliphatic rings. The molecule has 0 aromatic heterocycles. The number of piperidine rings is 2. The lowest BCUT2D eigenvalue weighted by atomic mass is 9.80. The zero-order valence-electron chi connectivity index (χ0n) is 15.4. The topological polar surface area (TPSA) is 119 Å². The van der Waals surface area contributed by atoms with E-state index < -0.39 is 32.5 Å². The van der Waals surface area contributed by atoms with Crippen molar-refractivity contribution >= 4 is 21.8 Å². The molecule has 1 aromatic rings. The lowest BCUT2D eigenvalue weighted by Crippen LogP contribution is -2.57. The molecular weight excluding hydrogens is 406 g/mol. The zero-order valence-corrected chi connectivity index (χ0v) is 16.2. The number of hydrogen-bond donors (Lipinski definition) is 2. The quantitative estimate of drug-likeness (QED) is 0.711. The molecule has 0 saturated carbocycles. The van der Waals surface area contributed by atoms with Gasteiger partial charge in [0.25, 0.3) is 0 Å². The molecule has 2 fully saturated rings. The van der Waals surface area contributed by atoms with Crippen LogP contribution in [0.4, 0.5) is 8.78 Å². The summed E-state index contributed by atoms with van der Waals surface area (Å²) in [5.41, 5.74) is 0. The predicted molar refractivity (Wildman–Crippen MR) is 96.5 cm³/mol. The first-order chi connectivity index (χ1) is 13.7. The Bertz CT molecular complexity index is 943. The number of fused-ring (bicyclic) bond motifs is 1. The summed E-state index contributed by atoms with van der Waals surface area (Å²) in [5.74, 6) is -3.81. The molecule has 156 valence electrons. The van der Waals surface area contributed by atoms with Crippen LogP contribution in [-0.4, -0.2) is 50.8 Å². The molecule has 0 bridgehead atoms. The molecule has 29 heavy (non-hydrogen) atoms. The number of halogens is 2. The molecule has 3 rings (SSSR count). The average molecular weight is 426 g/mol. The minimum Gasteiger partial charge on any atom is -0.352 e. The second-order valence-corrected chi connectivity index (χ2v) is 8.82. The van der Waals surface area contributed by atoms with Gasteiger partial charge in [-0.05, 0) is 30.9 Å². The van der Waals surface area contributed by atoms with Crippen molar-refractivity contribution in [2.75, 3.05) is 19.6 Å². The highest BCUT2D eigenvalue weighted by Gasteiger charge is 2.39. The number of sulfonamides is 1. The van der Waals surface area contributed by atoms with Crippen molar-refractivity contribution in [2.24, 2.45) is 11.8 Å². The second-order valence-electron chi connectivity index (χ2n) is 7.12. The smallest absolute Gasteiger partial charge is 0.246 e. The van der Waals surface area contributed by atoms with Crippen molar-refractivity contribution < 1.29 is 26.8 Å². The lowest BCUT2D eigenvalue weighted by molar-refractivity contribution is -0.135. The molecule has 0 spiro atoms. The fourth-order valence-electron chi connectivity index (χ4n) is 3.75. The molecule has 1 aromatic carbocycles. The van der Waals surface area contributed by atoms with Crippen LogP contribution in [0.5, 0.6) is 0 Å². The van der Waals surface area contributed by atoms with Gasteiger partial charge < -0.3 is 10.2 Å². The van der Waals surface area contributed by atoms with Gasteiger partial charge >= 0.3 is 0 Å². The summed E-state index contributed by atoms with van der Waals surface area (Å²) in [6.07, 6.45) is 0.739. The van der Waals surface area contributed by atoms with Gasteiger partial charge in [0.1, 0.15) is 17.6 Å². The SMILES string of the molecule is N#CC1CC2CN(C(=O)CCNS(=O)(=O)c3c(F)cccc3F)CCC2NC1=O. The summed E-state index contributed by atoms with van der Waals surface area (Å²) < 4.78 is 53.7. The first kappa shape index (κ1) is 21.1. The number of rotatable bonds is 5. The van der Waals surface area contributed by atoms with Crippen LogP contribution in [0.25, 0.3) is 0 Å². The van der Waals surface area contributed by atoms with Crippen LogP contribution in [0.2, 0.25) is 0 Å². The third kappa shape index (κ3) is 4.54. The molecule has 2 heterocycles. The van der Waals surface area contributed by atoms with Crippen molar-refractivity contribution in [3.63, 3.8) is 0 Å².